The summed E-state index contributed by atoms with van der Waals surface area (Å²) in [6.07, 6.45) is 5.83. The van der Waals surface area contributed by atoms with Crippen LogP contribution in [0.1, 0.15) is 73.4 Å². The summed E-state index contributed by atoms with van der Waals surface area (Å²) in [5.74, 6) is -0.0530. The van der Waals surface area contributed by atoms with Crippen LogP contribution in [-0.4, -0.2) is 73.2 Å². The highest BCUT2D eigenvalue weighted by Crippen LogP contribution is 2.35. The molecular formula is C32H43F2N3O5. The molecule has 10 heteroatoms. The number of likely N-dealkylation sites (tertiary alicyclic amines) is 1. The van der Waals surface area contributed by atoms with Gasteiger partial charge in [-0.3, -0.25) is 9.69 Å². The molecule has 0 saturated carbocycles. The first-order valence-electron chi connectivity index (χ1n) is 15.3. The van der Waals surface area contributed by atoms with Crippen LogP contribution in [0, 0.1) is 11.7 Å². The summed E-state index contributed by atoms with van der Waals surface area (Å²) in [4.78, 5) is 19.0. The van der Waals surface area contributed by atoms with Gasteiger partial charge >= 0.3 is 5.97 Å². The highest BCUT2D eigenvalue weighted by atomic mass is 19.1. The number of carboxylic acid groups (broad SMARTS) is 1. The number of carboxylic acids is 1. The fourth-order valence-corrected chi connectivity index (χ4v) is 6.48. The van der Waals surface area contributed by atoms with Gasteiger partial charge in [-0.2, -0.15) is 0 Å². The van der Waals surface area contributed by atoms with E-state index in [9.17, 15) is 14.3 Å². The van der Waals surface area contributed by atoms with Gasteiger partial charge in [-0.15, -0.1) is 0 Å². The Morgan fingerprint density at radius 3 is 2.86 bits per heavy atom. The highest BCUT2D eigenvalue weighted by molar-refractivity contribution is 5.76. The number of carbonyl (C=O) groups is 1. The van der Waals surface area contributed by atoms with E-state index < -0.39 is 24.0 Å². The van der Waals surface area contributed by atoms with Crippen LogP contribution in [0.2, 0.25) is 0 Å². The second-order valence-electron chi connectivity index (χ2n) is 11.7. The maximum Gasteiger partial charge on any atom is 0.325 e. The number of anilines is 1. The van der Waals surface area contributed by atoms with E-state index >= 15 is 4.39 Å². The molecule has 2 N–H and O–H groups in total. The van der Waals surface area contributed by atoms with Crippen molar-refractivity contribution in [3.63, 3.8) is 0 Å². The molecule has 4 heterocycles. The second kappa shape index (κ2) is 14.6. The lowest BCUT2D eigenvalue weighted by Crippen LogP contribution is -2.34. The third kappa shape index (κ3) is 7.57. The molecule has 0 amide bonds. The number of aryl methyl sites for hydroxylation is 1. The normalized spacial score (nSPS) is 21.0. The van der Waals surface area contributed by atoms with Crippen molar-refractivity contribution in [3.05, 3.63) is 52.5 Å². The Hall–Kier alpha value is -2.82. The van der Waals surface area contributed by atoms with Crippen LogP contribution >= 0.6 is 0 Å². The van der Waals surface area contributed by atoms with Crippen molar-refractivity contribution in [2.24, 2.45) is 5.92 Å². The molecule has 8 nitrogen and oxygen atoms in total. The van der Waals surface area contributed by atoms with Gasteiger partial charge < -0.3 is 24.6 Å². The third-order valence-electron chi connectivity index (χ3n) is 8.83. The summed E-state index contributed by atoms with van der Waals surface area (Å²) in [5.41, 5.74) is 3.10. The van der Waals surface area contributed by atoms with Crippen molar-refractivity contribution in [3.8, 4) is 5.75 Å². The van der Waals surface area contributed by atoms with Crippen LogP contribution < -0.4 is 10.1 Å². The fraction of sp³-hybridized carbons (Fsp3) is 0.625. The number of aliphatic carboxylic acids is 1. The number of unbranched alkanes of at least 4 members (excludes halogenated alkanes) is 1. The van der Waals surface area contributed by atoms with E-state index in [4.69, 9.17) is 19.2 Å². The number of pyridine rings is 1. The summed E-state index contributed by atoms with van der Waals surface area (Å²) in [5, 5.41) is 13.6. The molecule has 42 heavy (non-hydrogen) atoms. The number of ether oxygens (including phenoxy) is 3. The number of halogens is 2. The number of fused-ring (bicyclic) bond motifs is 1. The summed E-state index contributed by atoms with van der Waals surface area (Å²) in [6.45, 7) is 3.15. The van der Waals surface area contributed by atoms with Crippen molar-refractivity contribution in [2.45, 2.75) is 82.7 Å². The zero-order chi connectivity index (χ0) is 29.5. The van der Waals surface area contributed by atoms with Crippen molar-refractivity contribution in [1.82, 2.24) is 9.88 Å². The van der Waals surface area contributed by atoms with Gasteiger partial charge in [-0.1, -0.05) is 12.5 Å². The smallest absolute Gasteiger partial charge is 0.325 e. The summed E-state index contributed by atoms with van der Waals surface area (Å²) in [7, 11) is 1.68. The van der Waals surface area contributed by atoms with Gasteiger partial charge in [0.25, 0.3) is 0 Å². The molecule has 0 aliphatic carbocycles. The predicted octanol–water partition coefficient (Wildman–Crippen LogP) is 5.48. The van der Waals surface area contributed by atoms with E-state index in [0.717, 1.165) is 67.9 Å². The van der Waals surface area contributed by atoms with Crippen molar-refractivity contribution < 1.29 is 32.9 Å². The lowest BCUT2D eigenvalue weighted by molar-refractivity contribution is -0.143. The van der Waals surface area contributed by atoms with E-state index in [-0.39, 0.29) is 18.6 Å². The fourth-order valence-electron chi connectivity index (χ4n) is 6.48. The molecule has 2 saturated heterocycles. The standard InChI is InChI=1S/C32H43F2N3O5/c1-40-29-18-24(36-31-26(29)6-4-13-35-31)5-2-3-7-28(34)21-10-14-37(19-21)30(32(38)39)27-17-23(33)9-8-22(27)20-42-25-11-15-41-16-12-25/h8-9,17-18,21,25,28,30H,2-7,10-16,19-20H2,1H3,(H,35,36)(H,38,39)/t21-,28?,30+/m1/s1. The first-order chi connectivity index (χ1) is 20.4. The molecule has 0 spiro atoms. The van der Waals surface area contributed by atoms with Crippen molar-refractivity contribution in [2.75, 3.05) is 45.3 Å². The van der Waals surface area contributed by atoms with Crippen LogP contribution in [-0.2, 0) is 33.7 Å². The van der Waals surface area contributed by atoms with Gasteiger partial charge in [0.2, 0.25) is 0 Å². The maximum atomic E-state index is 15.4. The van der Waals surface area contributed by atoms with Gasteiger partial charge in [0, 0.05) is 49.5 Å². The number of aromatic nitrogens is 1. The first-order valence-corrected chi connectivity index (χ1v) is 15.3. The largest absolute Gasteiger partial charge is 0.496 e. The third-order valence-corrected chi connectivity index (χ3v) is 8.83. The lowest BCUT2D eigenvalue weighted by Gasteiger charge is -2.28. The Morgan fingerprint density at radius 1 is 1.24 bits per heavy atom. The molecule has 3 atom stereocenters. The number of alkyl halides is 1. The van der Waals surface area contributed by atoms with E-state index in [1.807, 2.05) is 6.07 Å². The predicted molar refractivity (Wildman–Crippen MR) is 155 cm³/mol. The quantitative estimate of drug-likeness (QED) is 0.298. The minimum Gasteiger partial charge on any atom is -0.496 e. The van der Waals surface area contributed by atoms with Crippen LogP contribution in [0.5, 0.6) is 5.75 Å². The molecule has 0 bridgehead atoms. The SMILES string of the molecule is COc1cc(CCCCC(F)[C@@H]2CCN([C@H](C(=O)O)c3cc(F)ccc3COC3CCOCC3)C2)nc2c1CCCN2. The molecule has 2 fully saturated rings. The summed E-state index contributed by atoms with van der Waals surface area (Å²) < 4.78 is 46.7. The number of benzene rings is 1. The molecule has 3 aliphatic heterocycles. The average molecular weight is 588 g/mol. The zero-order valence-corrected chi connectivity index (χ0v) is 24.5. The molecule has 230 valence electrons. The number of methoxy groups -OCH3 is 1. The van der Waals surface area contributed by atoms with E-state index in [2.05, 4.69) is 5.32 Å². The average Bonchev–Trinajstić information content (AvgIpc) is 3.48. The van der Waals surface area contributed by atoms with Crippen LogP contribution in [0.25, 0.3) is 0 Å². The number of nitrogens with zero attached hydrogens (tertiary/aromatic N) is 2. The Labute approximate surface area is 246 Å². The zero-order valence-electron chi connectivity index (χ0n) is 24.5. The van der Waals surface area contributed by atoms with E-state index in [0.29, 0.717) is 56.7 Å². The first kappa shape index (κ1) is 30.6. The van der Waals surface area contributed by atoms with Gasteiger partial charge in [0.1, 0.15) is 29.6 Å². The topological polar surface area (TPSA) is 93.2 Å². The minimum atomic E-state index is -1.06. The Bertz CT molecular complexity index is 1190. The molecule has 1 unspecified atom stereocenters. The molecule has 3 aliphatic rings. The van der Waals surface area contributed by atoms with Crippen LogP contribution in [0.15, 0.2) is 24.3 Å². The highest BCUT2D eigenvalue weighted by Gasteiger charge is 2.38. The molecule has 0 radical (unpaired) electrons. The van der Waals surface area contributed by atoms with E-state index in [1.54, 1.807) is 18.1 Å². The Morgan fingerprint density at radius 2 is 2.07 bits per heavy atom. The molecule has 1 aromatic heterocycles. The van der Waals surface area contributed by atoms with E-state index in [1.165, 1.54) is 12.1 Å². The van der Waals surface area contributed by atoms with Gasteiger partial charge in [0.15, 0.2) is 0 Å². The van der Waals surface area contributed by atoms with Crippen LogP contribution in [0.3, 0.4) is 0 Å². The summed E-state index contributed by atoms with van der Waals surface area (Å²) in [6, 6.07) is 5.18. The number of hydrogen-bond donors (Lipinski definition) is 2. The van der Waals surface area contributed by atoms with Crippen molar-refractivity contribution >= 4 is 11.8 Å². The second-order valence-corrected chi connectivity index (χ2v) is 11.7. The maximum absolute atomic E-state index is 15.4. The monoisotopic (exact) mass is 587 g/mol. The molecule has 2 aromatic rings. The Balaban J connectivity index is 1.15. The molecule has 1 aromatic carbocycles. The van der Waals surface area contributed by atoms with Gasteiger partial charge in [0.05, 0.1) is 19.8 Å². The number of rotatable bonds is 13. The van der Waals surface area contributed by atoms with Gasteiger partial charge in [-0.25, -0.2) is 13.8 Å². The van der Waals surface area contributed by atoms with Gasteiger partial charge in [-0.05, 0) is 81.2 Å². The molecule has 5 rings (SSSR count). The van der Waals surface area contributed by atoms with Crippen molar-refractivity contribution in [1.29, 1.82) is 0 Å². The van der Waals surface area contributed by atoms with Crippen LogP contribution in [0.4, 0.5) is 14.6 Å². The summed E-state index contributed by atoms with van der Waals surface area (Å²) >= 11 is 0. The minimum absolute atomic E-state index is 0.0325. The Kier molecular flexibility index (Phi) is 10.6. The molecular weight excluding hydrogens is 544 g/mol. The lowest BCUT2D eigenvalue weighted by atomic mass is 9.96. The number of hydrogen-bond acceptors (Lipinski definition) is 7. The number of nitrogens with one attached hydrogen (secondary N) is 1.